The Morgan fingerprint density at radius 1 is 1.13 bits per heavy atom. The number of hydrogen-bond acceptors (Lipinski definition) is 6. The van der Waals surface area contributed by atoms with Gasteiger partial charge in [0.05, 0.1) is 0 Å². The van der Waals surface area contributed by atoms with E-state index in [-0.39, 0.29) is 23.9 Å². The van der Waals surface area contributed by atoms with Crippen molar-refractivity contribution in [2.75, 3.05) is 13.4 Å². The van der Waals surface area contributed by atoms with Crippen LogP contribution in [0.5, 0.6) is 17.2 Å². The van der Waals surface area contributed by atoms with E-state index in [2.05, 4.69) is 0 Å². The SMILES string of the molecule is Cc1ccc(O)c(C(=O)OCC(=O)c2ccc3c(c2)OCO3)c1. The number of ketones is 1. The van der Waals surface area contributed by atoms with E-state index >= 15 is 0 Å². The van der Waals surface area contributed by atoms with Gasteiger partial charge in [-0.15, -0.1) is 0 Å². The number of ether oxygens (including phenoxy) is 3. The third kappa shape index (κ3) is 3.11. The predicted octanol–water partition coefficient (Wildman–Crippen LogP) is 2.47. The molecule has 0 unspecified atom stereocenters. The number of esters is 1. The zero-order valence-electron chi connectivity index (χ0n) is 12.4. The van der Waals surface area contributed by atoms with Crippen molar-refractivity contribution in [1.29, 1.82) is 0 Å². The molecule has 1 aliphatic heterocycles. The van der Waals surface area contributed by atoms with Crippen molar-refractivity contribution in [2.24, 2.45) is 0 Å². The molecule has 0 aliphatic carbocycles. The van der Waals surface area contributed by atoms with Gasteiger partial charge in [0.15, 0.2) is 23.9 Å². The van der Waals surface area contributed by atoms with Crippen LogP contribution in [0.3, 0.4) is 0 Å². The van der Waals surface area contributed by atoms with Crippen LogP contribution >= 0.6 is 0 Å². The molecule has 1 aliphatic rings. The molecule has 0 fully saturated rings. The van der Waals surface area contributed by atoms with Crippen molar-refractivity contribution < 1.29 is 28.9 Å². The number of hydrogen-bond donors (Lipinski definition) is 1. The molecule has 6 nitrogen and oxygen atoms in total. The summed E-state index contributed by atoms with van der Waals surface area (Å²) < 4.78 is 15.3. The summed E-state index contributed by atoms with van der Waals surface area (Å²) in [5.41, 5.74) is 1.19. The summed E-state index contributed by atoms with van der Waals surface area (Å²) in [5, 5.41) is 9.68. The van der Waals surface area contributed by atoms with Crippen LogP contribution in [0.25, 0.3) is 0 Å². The van der Waals surface area contributed by atoms with Crippen molar-refractivity contribution >= 4 is 11.8 Å². The van der Waals surface area contributed by atoms with Gasteiger partial charge in [0.2, 0.25) is 6.79 Å². The number of rotatable bonds is 4. The standard InChI is InChI=1S/C17H14O6/c1-10-2-4-13(18)12(6-10)17(20)21-8-14(19)11-3-5-15-16(7-11)23-9-22-15/h2-7,18H,8-9H2,1H3. The van der Waals surface area contributed by atoms with Crippen LogP contribution in [0, 0.1) is 6.92 Å². The number of phenolic OH excluding ortho intramolecular Hbond substituents is 1. The fraction of sp³-hybridized carbons (Fsp3) is 0.176. The molecule has 0 bridgehead atoms. The molecule has 118 valence electrons. The van der Waals surface area contributed by atoms with Crippen molar-refractivity contribution in [3.8, 4) is 17.2 Å². The van der Waals surface area contributed by atoms with Crippen molar-refractivity contribution in [3.63, 3.8) is 0 Å². The maximum Gasteiger partial charge on any atom is 0.342 e. The second kappa shape index (κ2) is 6.00. The highest BCUT2D eigenvalue weighted by molar-refractivity contribution is 6.00. The fourth-order valence-corrected chi connectivity index (χ4v) is 2.18. The van der Waals surface area contributed by atoms with Crippen LogP contribution in [0.4, 0.5) is 0 Å². The zero-order valence-corrected chi connectivity index (χ0v) is 12.4. The topological polar surface area (TPSA) is 82.1 Å². The molecule has 0 saturated heterocycles. The van der Waals surface area contributed by atoms with Gasteiger partial charge in [-0.3, -0.25) is 4.79 Å². The third-order valence-corrected chi connectivity index (χ3v) is 3.40. The highest BCUT2D eigenvalue weighted by atomic mass is 16.7. The smallest absolute Gasteiger partial charge is 0.342 e. The molecule has 0 saturated carbocycles. The first kappa shape index (κ1) is 14.9. The van der Waals surface area contributed by atoms with Crippen LogP contribution in [0.1, 0.15) is 26.3 Å². The summed E-state index contributed by atoms with van der Waals surface area (Å²) in [6.45, 7) is 1.48. The first-order valence-electron chi connectivity index (χ1n) is 6.94. The minimum atomic E-state index is -0.750. The third-order valence-electron chi connectivity index (χ3n) is 3.40. The molecule has 2 aromatic carbocycles. The van der Waals surface area contributed by atoms with Crippen molar-refractivity contribution in [2.45, 2.75) is 6.92 Å². The predicted molar refractivity (Wildman–Crippen MR) is 80.0 cm³/mol. The Hall–Kier alpha value is -3.02. The number of aromatic hydroxyl groups is 1. The van der Waals surface area contributed by atoms with Crippen molar-refractivity contribution in [3.05, 3.63) is 53.1 Å². The average Bonchev–Trinajstić information content (AvgIpc) is 3.02. The lowest BCUT2D eigenvalue weighted by molar-refractivity contribution is 0.0471. The van der Waals surface area contributed by atoms with Gasteiger partial charge in [-0.05, 0) is 37.3 Å². The van der Waals surface area contributed by atoms with Crippen molar-refractivity contribution in [1.82, 2.24) is 0 Å². The Bertz CT molecular complexity index is 781. The normalized spacial score (nSPS) is 12.0. The molecule has 0 spiro atoms. The largest absolute Gasteiger partial charge is 0.507 e. The zero-order chi connectivity index (χ0) is 16.4. The lowest BCUT2D eigenvalue weighted by Gasteiger charge is -2.07. The Balaban J connectivity index is 1.67. The molecule has 0 atom stereocenters. The first-order valence-corrected chi connectivity index (χ1v) is 6.94. The molecule has 1 N–H and O–H groups in total. The monoisotopic (exact) mass is 314 g/mol. The summed E-state index contributed by atoms with van der Waals surface area (Å²) in [6.07, 6.45) is 0. The van der Waals surface area contributed by atoms with Gasteiger partial charge in [-0.25, -0.2) is 4.79 Å². The highest BCUT2D eigenvalue weighted by Crippen LogP contribution is 2.32. The Morgan fingerprint density at radius 2 is 1.91 bits per heavy atom. The van der Waals surface area contributed by atoms with Gasteiger partial charge in [0.25, 0.3) is 0 Å². The molecule has 6 heteroatoms. The first-order chi connectivity index (χ1) is 11.0. The fourth-order valence-electron chi connectivity index (χ4n) is 2.18. The van der Waals surface area contributed by atoms with Crippen LogP contribution in [0.15, 0.2) is 36.4 Å². The van der Waals surface area contributed by atoms with Gasteiger partial charge in [0.1, 0.15) is 11.3 Å². The molecular formula is C17H14O6. The quantitative estimate of drug-likeness (QED) is 0.689. The lowest BCUT2D eigenvalue weighted by atomic mass is 10.1. The number of fused-ring (bicyclic) bond motifs is 1. The van der Waals surface area contributed by atoms with Crippen LogP contribution in [-0.2, 0) is 4.74 Å². The van der Waals surface area contributed by atoms with Gasteiger partial charge < -0.3 is 19.3 Å². The molecule has 0 aromatic heterocycles. The minimum Gasteiger partial charge on any atom is -0.507 e. The summed E-state index contributed by atoms with van der Waals surface area (Å²) in [6, 6.07) is 9.33. The average molecular weight is 314 g/mol. The summed E-state index contributed by atoms with van der Waals surface area (Å²) in [5.74, 6) is -0.248. The molecular weight excluding hydrogens is 300 g/mol. The van der Waals surface area contributed by atoms with Gasteiger partial charge >= 0.3 is 5.97 Å². The second-order valence-corrected chi connectivity index (χ2v) is 5.09. The minimum absolute atomic E-state index is 0.0310. The van der Waals surface area contributed by atoms with E-state index in [1.165, 1.54) is 12.1 Å². The molecule has 3 rings (SSSR count). The van der Waals surface area contributed by atoms with E-state index in [1.54, 1.807) is 31.2 Å². The molecule has 1 heterocycles. The number of Topliss-reactive ketones (excluding diaryl/α,β-unsaturated/α-hetero) is 1. The molecule has 0 amide bonds. The number of benzene rings is 2. The molecule has 0 radical (unpaired) electrons. The molecule has 2 aromatic rings. The van der Waals surface area contributed by atoms with E-state index in [0.29, 0.717) is 17.1 Å². The summed E-state index contributed by atoms with van der Waals surface area (Å²) in [7, 11) is 0. The Kier molecular flexibility index (Phi) is 3.89. The van der Waals surface area contributed by atoms with E-state index in [0.717, 1.165) is 5.56 Å². The van der Waals surface area contributed by atoms with Crippen LogP contribution in [0.2, 0.25) is 0 Å². The summed E-state index contributed by atoms with van der Waals surface area (Å²) >= 11 is 0. The maximum absolute atomic E-state index is 12.1. The second-order valence-electron chi connectivity index (χ2n) is 5.09. The number of carbonyl (C=O) groups excluding carboxylic acids is 2. The van der Waals surface area contributed by atoms with Gasteiger partial charge in [0, 0.05) is 5.56 Å². The van der Waals surface area contributed by atoms with E-state index in [4.69, 9.17) is 14.2 Å². The Morgan fingerprint density at radius 3 is 2.74 bits per heavy atom. The summed E-state index contributed by atoms with van der Waals surface area (Å²) in [4.78, 5) is 24.1. The highest BCUT2D eigenvalue weighted by Gasteiger charge is 2.18. The van der Waals surface area contributed by atoms with Gasteiger partial charge in [-0.1, -0.05) is 11.6 Å². The number of carbonyl (C=O) groups is 2. The van der Waals surface area contributed by atoms with E-state index in [1.807, 2.05) is 0 Å². The Labute approximate surface area is 132 Å². The number of aryl methyl sites for hydroxylation is 1. The maximum atomic E-state index is 12.1. The van der Waals surface area contributed by atoms with Crippen LogP contribution < -0.4 is 9.47 Å². The lowest BCUT2D eigenvalue weighted by Crippen LogP contribution is -2.14. The van der Waals surface area contributed by atoms with E-state index < -0.39 is 12.6 Å². The number of phenols is 1. The molecule has 23 heavy (non-hydrogen) atoms. The van der Waals surface area contributed by atoms with Gasteiger partial charge in [-0.2, -0.15) is 0 Å². The van der Waals surface area contributed by atoms with Crippen LogP contribution in [-0.4, -0.2) is 30.3 Å². The van der Waals surface area contributed by atoms with E-state index in [9.17, 15) is 14.7 Å².